The van der Waals surface area contributed by atoms with Crippen LogP contribution in [0.2, 0.25) is 0 Å². The number of benzene rings is 1. The van der Waals surface area contributed by atoms with Crippen LogP contribution >= 0.6 is 0 Å². The van der Waals surface area contributed by atoms with Crippen molar-refractivity contribution in [3.05, 3.63) is 80.9 Å². The van der Waals surface area contributed by atoms with E-state index in [1.807, 2.05) is 18.3 Å². The fourth-order valence-electron chi connectivity index (χ4n) is 5.46. The van der Waals surface area contributed by atoms with Crippen LogP contribution in [0.1, 0.15) is 89.0 Å². The molecule has 3 fully saturated rings. The van der Waals surface area contributed by atoms with Crippen LogP contribution in [0.4, 0.5) is 14.6 Å². The number of hydrogen-bond donors (Lipinski definition) is 2. The van der Waals surface area contributed by atoms with Crippen LogP contribution in [-0.4, -0.2) is 51.8 Å². The second-order valence-electron chi connectivity index (χ2n) is 12.5. The van der Waals surface area contributed by atoms with E-state index in [4.69, 9.17) is 0 Å². The summed E-state index contributed by atoms with van der Waals surface area (Å²) in [6.45, 7) is 4.16. The van der Waals surface area contributed by atoms with Crippen LogP contribution in [0.15, 0.2) is 47.4 Å². The molecule has 2 N–H and O–H groups in total. The van der Waals surface area contributed by atoms with Gasteiger partial charge in [-0.05, 0) is 85.2 Å². The number of nitriles is 1. The van der Waals surface area contributed by atoms with Gasteiger partial charge in [-0.3, -0.25) is 14.4 Å². The monoisotopic (exact) mass is 600 g/mol. The van der Waals surface area contributed by atoms with Crippen LogP contribution in [0.5, 0.6) is 0 Å². The Labute approximate surface area is 253 Å². The second-order valence-corrected chi connectivity index (χ2v) is 12.5. The zero-order valence-corrected chi connectivity index (χ0v) is 24.7. The van der Waals surface area contributed by atoms with Gasteiger partial charge in [-0.2, -0.15) is 5.26 Å². The highest BCUT2D eigenvalue weighted by Gasteiger charge is 2.46. The van der Waals surface area contributed by atoms with E-state index in [0.29, 0.717) is 23.6 Å². The molecule has 228 valence electrons. The normalized spacial score (nSPS) is 17.2. The molecule has 0 spiro atoms. The minimum absolute atomic E-state index is 0.0221. The summed E-state index contributed by atoms with van der Waals surface area (Å²) in [5, 5.41) is 15.6. The maximum absolute atomic E-state index is 13.6. The van der Waals surface area contributed by atoms with Crippen molar-refractivity contribution in [3.63, 3.8) is 0 Å². The van der Waals surface area contributed by atoms with Crippen LogP contribution < -0.4 is 16.2 Å². The van der Waals surface area contributed by atoms with Gasteiger partial charge >= 0.3 is 0 Å². The van der Waals surface area contributed by atoms with Gasteiger partial charge in [-0.1, -0.05) is 19.9 Å². The standard InChI is InChI=1S/C33H34F2N6O3/c1-19(2)14-37-15-21-10-27(32(44)41(16-21)24-6-7-24)30(42)39-29-12-23(11-28(38-29)22-4-5-22)25-8-3-20(13-36)9-26(25)31(43)40-17-33(34,35)18-40/h3,8-12,16,19,22,24,37H,4-7,14-15,17-18H2,1-2H3,(H,38,39,42). The van der Waals surface area contributed by atoms with E-state index in [1.54, 1.807) is 28.8 Å². The number of hydrogen-bond acceptors (Lipinski definition) is 6. The lowest BCUT2D eigenvalue weighted by Gasteiger charge is -2.39. The van der Waals surface area contributed by atoms with Crippen LogP contribution in [0.3, 0.4) is 0 Å². The Hall–Kier alpha value is -4.43. The molecule has 3 aromatic rings. The number of pyridine rings is 2. The predicted molar refractivity (Wildman–Crippen MR) is 161 cm³/mol. The molecule has 2 aromatic heterocycles. The maximum Gasteiger partial charge on any atom is 0.282 e. The Kier molecular flexibility index (Phi) is 7.80. The van der Waals surface area contributed by atoms with E-state index in [2.05, 4.69) is 29.5 Å². The van der Waals surface area contributed by atoms with E-state index < -0.39 is 30.8 Å². The average Bonchev–Trinajstić information content (AvgIpc) is 3.89. The highest BCUT2D eigenvalue weighted by molar-refractivity contribution is 6.05. The predicted octanol–water partition coefficient (Wildman–Crippen LogP) is 5.08. The first kappa shape index (κ1) is 29.6. The van der Waals surface area contributed by atoms with Crippen molar-refractivity contribution in [1.29, 1.82) is 5.26 Å². The molecule has 2 saturated carbocycles. The van der Waals surface area contributed by atoms with Gasteiger partial charge in [-0.25, -0.2) is 13.8 Å². The first-order valence-electron chi connectivity index (χ1n) is 15.0. The number of rotatable bonds is 10. The Balaban J connectivity index is 1.34. The molecule has 1 aromatic carbocycles. The van der Waals surface area contributed by atoms with Crippen molar-refractivity contribution in [2.45, 2.75) is 64.0 Å². The third-order valence-corrected chi connectivity index (χ3v) is 8.07. The summed E-state index contributed by atoms with van der Waals surface area (Å²) in [5.74, 6) is -3.27. The molecule has 9 nitrogen and oxygen atoms in total. The smallest absolute Gasteiger partial charge is 0.282 e. The SMILES string of the molecule is CC(C)CNCc1cc(C(=O)Nc2cc(-c3ccc(C#N)cc3C(=O)N3CC(F)(F)C3)cc(C3CC3)n2)c(=O)n(C2CC2)c1. The summed E-state index contributed by atoms with van der Waals surface area (Å²) < 4.78 is 28.8. The topological polar surface area (TPSA) is 120 Å². The summed E-state index contributed by atoms with van der Waals surface area (Å²) in [4.78, 5) is 46.0. The Morgan fingerprint density at radius 1 is 1.09 bits per heavy atom. The molecule has 2 amide bonds. The number of carbonyl (C=O) groups excluding carboxylic acids is 2. The van der Waals surface area contributed by atoms with E-state index in [-0.39, 0.29) is 40.0 Å². The van der Waals surface area contributed by atoms with Gasteiger partial charge in [-0.15, -0.1) is 0 Å². The number of nitrogens with one attached hydrogen (secondary N) is 2. The van der Waals surface area contributed by atoms with Gasteiger partial charge in [0.05, 0.1) is 24.7 Å². The van der Waals surface area contributed by atoms with Gasteiger partial charge in [0.25, 0.3) is 23.3 Å². The molecule has 3 heterocycles. The summed E-state index contributed by atoms with van der Waals surface area (Å²) in [7, 11) is 0. The fourth-order valence-corrected chi connectivity index (χ4v) is 5.46. The zero-order valence-electron chi connectivity index (χ0n) is 24.7. The van der Waals surface area contributed by atoms with E-state index >= 15 is 0 Å². The van der Waals surface area contributed by atoms with Crippen molar-refractivity contribution in [3.8, 4) is 17.2 Å². The molecular formula is C33H34F2N6O3. The third-order valence-electron chi connectivity index (χ3n) is 8.07. The zero-order chi connectivity index (χ0) is 31.2. The number of amides is 2. The molecular weight excluding hydrogens is 566 g/mol. The number of nitrogens with zero attached hydrogens (tertiary/aromatic N) is 4. The van der Waals surface area contributed by atoms with Crippen molar-refractivity contribution in [1.82, 2.24) is 19.8 Å². The Bertz CT molecular complexity index is 1730. The van der Waals surface area contributed by atoms with Gasteiger partial charge in [0.2, 0.25) is 0 Å². The van der Waals surface area contributed by atoms with Crippen molar-refractivity contribution < 1.29 is 18.4 Å². The molecule has 0 atom stereocenters. The first-order valence-corrected chi connectivity index (χ1v) is 15.0. The lowest BCUT2D eigenvalue weighted by molar-refractivity contribution is -0.113. The molecule has 6 rings (SSSR count). The minimum atomic E-state index is -2.93. The fraction of sp³-hybridized carbons (Fsp3) is 0.424. The van der Waals surface area contributed by atoms with Gasteiger partial charge in [0.1, 0.15) is 11.4 Å². The molecule has 0 radical (unpaired) electrons. The largest absolute Gasteiger partial charge is 0.326 e. The summed E-state index contributed by atoms with van der Waals surface area (Å²) >= 11 is 0. The van der Waals surface area contributed by atoms with Crippen LogP contribution in [-0.2, 0) is 6.54 Å². The Morgan fingerprint density at radius 2 is 1.84 bits per heavy atom. The number of halogens is 2. The minimum Gasteiger partial charge on any atom is -0.326 e. The van der Waals surface area contributed by atoms with Crippen molar-refractivity contribution in [2.75, 3.05) is 25.0 Å². The maximum atomic E-state index is 13.6. The summed E-state index contributed by atoms with van der Waals surface area (Å²) in [5.41, 5.74) is 2.56. The van der Waals surface area contributed by atoms with E-state index in [1.165, 1.54) is 6.07 Å². The van der Waals surface area contributed by atoms with Gasteiger partial charge in [0.15, 0.2) is 0 Å². The molecule has 44 heavy (non-hydrogen) atoms. The summed E-state index contributed by atoms with van der Waals surface area (Å²) in [6.07, 6.45) is 5.44. The third kappa shape index (κ3) is 6.40. The number of anilines is 1. The number of aromatic nitrogens is 2. The van der Waals surface area contributed by atoms with E-state index in [9.17, 15) is 28.4 Å². The number of carbonyl (C=O) groups is 2. The molecule has 11 heteroatoms. The molecule has 0 unspecified atom stereocenters. The molecule has 0 bridgehead atoms. The highest BCUT2D eigenvalue weighted by atomic mass is 19.3. The molecule has 1 saturated heterocycles. The van der Waals surface area contributed by atoms with Crippen LogP contribution in [0, 0.1) is 17.2 Å². The van der Waals surface area contributed by atoms with Crippen molar-refractivity contribution >= 4 is 17.6 Å². The van der Waals surface area contributed by atoms with Gasteiger partial charge < -0.3 is 20.1 Å². The number of alkyl halides is 2. The molecule has 3 aliphatic rings. The average molecular weight is 601 g/mol. The van der Waals surface area contributed by atoms with E-state index in [0.717, 1.165) is 48.4 Å². The first-order chi connectivity index (χ1) is 21.0. The lowest BCUT2D eigenvalue weighted by Crippen LogP contribution is -2.58. The lowest BCUT2D eigenvalue weighted by atomic mass is 9.95. The summed E-state index contributed by atoms with van der Waals surface area (Å²) in [6, 6.07) is 11.7. The second kappa shape index (κ2) is 11.6. The molecule has 1 aliphatic heterocycles. The Morgan fingerprint density at radius 3 is 2.48 bits per heavy atom. The quantitative estimate of drug-likeness (QED) is 0.335. The number of likely N-dealkylation sites (tertiary alicyclic amines) is 1. The van der Waals surface area contributed by atoms with Crippen LogP contribution in [0.25, 0.3) is 11.1 Å². The van der Waals surface area contributed by atoms with Gasteiger partial charge in [0, 0.05) is 36.0 Å². The van der Waals surface area contributed by atoms with Crippen molar-refractivity contribution in [2.24, 2.45) is 5.92 Å². The molecule has 2 aliphatic carbocycles. The highest BCUT2D eigenvalue weighted by Crippen LogP contribution is 2.42.